The number of nitrogens with zero attached hydrogens (tertiary/aromatic N) is 1. The van der Waals surface area contributed by atoms with E-state index in [0.29, 0.717) is 0 Å². The Bertz CT molecular complexity index is 167. The minimum Gasteiger partial charge on any atom is -0.306 e. The Balaban J connectivity index is 1.90. The normalized spacial score (nSPS) is 36.6. The van der Waals surface area contributed by atoms with E-state index in [1.165, 1.54) is 64.5 Å². The fourth-order valence-electron chi connectivity index (χ4n) is 3.31. The molecule has 2 fully saturated rings. The van der Waals surface area contributed by atoms with Crippen molar-refractivity contribution in [1.82, 2.24) is 4.90 Å². The Morgan fingerprint density at radius 1 is 0.786 bits per heavy atom. The van der Waals surface area contributed by atoms with Crippen LogP contribution in [0.5, 0.6) is 0 Å². The van der Waals surface area contributed by atoms with Gasteiger partial charge in [0.25, 0.3) is 0 Å². The van der Waals surface area contributed by atoms with E-state index in [-0.39, 0.29) is 0 Å². The van der Waals surface area contributed by atoms with Gasteiger partial charge in [-0.3, -0.25) is 0 Å². The maximum atomic E-state index is 2.54. The third-order valence-electron chi connectivity index (χ3n) is 4.24. The van der Waals surface area contributed by atoms with Gasteiger partial charge in [0.2, 0.25) is 0 Å². The maximum Gasteiger partial charge on any atom is 0.000926 e. The Morgan fingerprint density at radius 2 is 1.43 bits per heavy atom. The van der Waals surface area contributed by atoms with Gasteiger partial charge in [-0.15, -0.1) is 0 Å². The first-order valence-electron chi connectivity index (χ1n) is 6.55. The molecule has 0 aromatic heterocycles. The van der Waals surface area contributed by atoms with Crippen LogP contribution in [0.1, 0.15) is 51.4 Å². The lowest BCUT2D eigenvalue weighted by molar-refractivity contribution is 0.128. The summed E-state index contributed by atoms with van der Waals surface area (Å²) in [6, 6.07) is 0. The van der Waals surface area contributed by atoms with Crippen LogP contribution >= 0.6 is 0 Å². The topological polar surface area (TPSA) is 3.24 Å². The minimum atomic E-state index is 1.03. The first kappa shape index (κ1) is 10.5. The molecular weight excluding hydrogens is 170 g/mol. The fraction of sp³-hybridized carbons (Fsp3) is 1.00. The average Bonchev–Trinajstić information content (AvgIpc) is 2.29. The first-order valence-corrected chi connectivity index (χ1v) is 6.55. The number of fused-ring (bicyclic) bond motifs is 1. The van der Waals surface area contributed by atoms with Crippen LogP contribution in [0.25, 0.3) is 0 Å². The molecule has 2 atom stereocenters. The van der Waals surface area contributed by atoms with E-state index < -0.39 is 0 Å². The van der Waals surface area contributed by atoms with Crippen LogP contribution in [-0.2, 0) is 0 Å². The lowest BCUT2D eigenvalue weighted by atomic mass is 9.80. The number of hydrogen-bond acceptors (Lipinski definition) is 1. The highest BCUT2D eigenvalue weighted by atomic mass is 15.1. The zero-order valence-corrected chi connectivity index (χ0v) is 9.67. The summed E-state index contributed by atoms with van der Waals surface area (Å²) in [5, 5.41) is 0. The molecule has 0 radical (unpaired) electrons. The molecule has 2 aliphatic rings. The lowest BCUT2D eigenvalue weighted by Crippen LogP contribution is -2.37. The SMILES string of the molecule is CN1CCC2CCCCCCCC2C1. The van der Waals surface area contributed by atoms with Crippen LogP contribution in [0.2, 0.25) is 0 Å². The van der Waals surface area contributed by atoms with Gasteiger partial charge in [-0.25, -0.2) is 0 Å². The van der Waals surface area contributed by atoms with Gasteiger partial charge in [-0.1, -0.05) is 38.5 Å². The summed E-state index contributed by atoms with van der Waals surface area (Å²) in [7, 11) is 2.29. The maximum absolute atomic E-state index is 2.54. The number of piperidine rings is 1. The van der Waals surface area contributed by atoms with E-state index in [1.807, 2.05) is 0 Å². The van der Waals surface area contributed by atoms with Gasteiger partial charge in [-0.2, -0.15) is 0 Å². The summed E-state index contributed by atoms with van der Waals surface area (Å²) in [4.78, 5) is 2.54. The highest BCUT2D eigenvalue weighted by Crippen LogP contribution is 2.32. The predicted molar refractivity (Wildman–Crippen MR) is 61.4 cm³/mol. The van der Waals surface area contributed by atoms with Gasteiger partial charge in [0.05, 0.1) is 0 Å². The van der Waals surface area contributed by atoms with Crippen molar-refractivity contribution in [2.24, 2.45) is 11.8 Å². The molecule has 1 heterocycles. The summed E-state index contributed by atoms with van der Waals surface area (Å²) < 4.78 is 0. The molecule has 0 spiro atoms. The number of hydrogen-bond donors (Lipinski definition) is 0. The molecule has 1 saturated heterocycles. The third kappa shape index (κ3) is 2.73. The smallest absolute Gasteiger partial charge is 0.000926 e. The van der Waals surface area contributed by atoms with E-state index in [4.69, 9.17) is 0 Å². The largest absolute Gasteiger partial charge is 0.306 e. The van der Waals surface area contributed by atoms with Crippen molar-refractivity contribution < 1.29 is 0 Å². The molecule has 14 heavy (non-hydrogen) atoms. The highest BCUT2D eigenvalue weighted by Gasteiger charge is 2.27. The molecule has 0 aromatic carbocycles. The van der Waals surface area contributed by atoms with Gasteiger partial charge in [-0.05, 0) is 38.3 Å². The lowest BCUT2D eigenvalue weighted by Gasteiger charge is -2.36. The summed E-state index contributed by atoms with van der Waals surface area (Å²) in [6.45, 7) is 2.73. The van der Waals surface area contributed by atoms with E-state index in [2.05, 4.69) is 11.9 Å². The van der Waals surface area contributed by atoms with Crippen molar-refractivity contribution in [2.45, 2.75) is 51.4 Å². The minimum absolute atomic E-state index is 1.03. The molecule has 82 valence electrons. The van der Waals surface area contributed by atoms with E-state index in [9.17, 15) is 0 Å². The van der Waals surface area contributed by atoms with Crippen LogP contribution in [0.15, 0.2) is 0 Å². The standard InChI is InChI=1S/C13H25N/c1-14-10-9-12-7-5-3-2-4-6-8-13(12)11-14/h12-13H,2-11H2,1H3. The van der Waals surface area contributed by atoms with Crippen LogP contribution in [-0.4, -0.2) is 25.0 Å². The first-order chi connectivity index (χ1) is 6.86. The quantitative estimate of drug-likeness (QED) is 0.573. The van der Waals surface area contributed by atoms with Gasteiger partial charge in [0, 0.05) is 6.54 Å². The third-order valence-corrected chi connectivity index (χ3v) is 4.24. The molecule has 0 N–H and O–H groups in total. The second kappa shape index (κ2) is 5.16. The molecule has 1 saturated carbocycles. The average molecular weight is 195 g/mol. The highest BCUT2D eigenvalue weighted by molar-refractivity contribution is 4.79. The summed E-state index contributed by atoms with van der Waals surface area (Å²) >= 11 is 0. The zero-order valence-electron chi connectivity index (χ0n) is 9.67. The molecule has 1 aliphatic heterocycles. The van der Waals surface area contributed by atoms with Crippen molar-refractivity contribution in [2.75, 3.05) is 20.1 Å². The molecule has 0 aromatic rings. The van der Waals surface area contributed by atoms with E-state index in [0.717, 1.165) is 11.8 Å². The fourth-order valence-corrected chi connectivity index (χ4v) is 3.31. The molecule has 2 rings (SSSR count). The molecule has 1 nitrogen and oxygen atoms in total. The summed E-state index contributed by atoms with van der Waals surface area (Å²) in [5.41, 5.74) is 0. The van der Waals surface area contributed by atoms with Crippen molar-refractivity contribution in [1.29, 1.82) is 0 Å². The molecule has 0 amide bonds. The van der Waals surface area contributed by atoms with Crippen molar-refractivity contribution in [3.63, 3.8) is 0 Å². The van der Waals surface area contributed by atoms with Crippen molar-refractivity contribution in [3.8, 4) is 0 Å². The van der Waals surface area contributed by atoms with Gasteiger partial charge >= 0.3 is 0 Å². The molecule has 0 bridgehead atoms. The second-order valence-electron chi connectivity index (χ2n) is 5.42. The van der Waals surface area contributed by atoms with Gasteiger partial charge < -0.3 is 4.90 Å². The second-order valence-corrected chi connectivity index (χ2v) is 5.42. The zero-order chi connectivity index (χ0) is 9.80. The monoisotopic (exact) mass is 195 g/mol. The molecule has 1 heteroatoms. The van der Waals surface area contributed by atoms with Crippen molar-refractivity contribution >= 4 is 0 Å². The Morgan fingerprint density at radius 3 is 2.21 bits per heavy atom. The van der Waals surface area contributed by atoms with Crippen LogP contribution in [0, 0.1) is 11.8 Å². The number of likely N-dealkylation sites (tertiary alicyclic amines) is 1. The Labute approximate surface area is 88.9 Å². The van der Waals surface area contributed by atoms with E-state index >= 15 is 0 Å². The van der Waals surface area contributed by atoms with Gasteiger partial charge in [0.15, 0.2) is 0 Å². The van der Waals surface area contributed by atoms with E-state index in [1.54, 1.807) is 0 Å². The molecular formula is C13H25N. The van der Waals surface area contributed by atoms with Gasteiger partial charge in [0.1, 0.15) is 0 Å². The number of rotatable bonds is 0. The predicted octanol–water partition coefficient (Wildman–Crippen LogP) is 3.30. The summed E-state index contributed by atoms with van der Waals surface area (Å²) in [6.07, 6.45) is 12.0. The van der Waals surface area contributed by atoms with Crippen LogP contribution < -0.4 is 0 Å². The summed E-state index contributed by atoms with van der Waals surface area (Å²) in [5.74, 6) is 2.11. The molecule has 1 aliphatic carbocycles. The molecule has 2 unspecified atom stereocenters. The Kier molecular flexibility index (Phi) is 3.86. The van der Waals surface area contributed by atoms with Crippen LogP contribution in [0.3, 0.4) is 0 Å². The van der Waals surface area contributed by atoms with Crippen LogP contribution in [0.4, 0.5) is 0 Å². The Hall–Kier alpha value is -0.0400. The van der Waals surface area contributed by atoms with Crippen molar-refractivity contribution in [3.05, 3.63) is 0 Å².